The van der Waals surface area contributed by atoms with E-state index in [1.165, 1.54) is 6.92 Å². The minimum atomic E-state index is -0.766. The van der Waals surface area contributed by atoms with Crippen molar-refractivity contribution < 1.29 is 10.2 Å². The molecule has 0 amide bonds. The van der Waals surface area contributed by atoms with Gasteiger partial charge >= 0.3 is 0 Å². The maximum absolute atomic E-state index is 11.8. The molecule has 5 heteroatoms. The monoisotopic (exact) mass is 222 g/mol. The minimum Gasteiger partial charge on any atom is -0.494 e. The van der Waals surface area contributed by atoms with E-state index in [2.05, 4.69) is 0 Å². The Morgan fingerprint density at radius 2 is 2.00 bits per heavy atom. The molecule has 0 fully saturated rings. The molecule has 2 N–H and O–H groups in total. The van der Waals surface area contributed by atoms with Gasteiger partial charge in [-0.05, 0) is 26.3 Å². The van der Waals surface area contributed by atoms with Crippen LogP contribution in [0, 0.1) is 25.2 Å². The van der Waals surface area contributed by atoms with Gasteiger partial charge in [-0.1, -0.05) is 0 Å². The van der Waals surface area contributed by atoms with Crippen molar-refractivity contribution in [2.24, 2.45) is 0 Å². The molecule has 1 unspecified atom stereocenters. The lowest BCUT2D eigenvalue weighted by Crippen LogP contribution is -2.28. The summed E-state index contributed by atoms with van der Waals surface area (Å²) >= 11 is 0. The zero-order valence-corrected chi connectivity index (χ0v) is 9.48. The van der Waals surface area contributed by atoms with Crippen LogP contribution in [0.2, 0.25) is 0 Å². The summed E-state index contributed by atoms with van der Waals surface area (Å²) in [5.41, 5.74) is 0.406. The summed E-state index contributed by atoms with van der Waals surface area (Å²) in [6, 6.07) is 1.82. The smallest absolute Gasteiger partial charge is 0.271 e. The van der Waals surface area contributed by atoms with Gasteiger partial charge in [0.25, 0.3) is 5.56 Å². The zero-order chi connectivity index (χ0) is 12.5. The summed E-state index contributed by atoms with van der Waals surface area (Å²) in [6.07, 6.45) is -0.766. The second-order valence-corrected chi connectivity index (χ2v) is 3.83. The Balaban J connectivity index is 3.58. The first-order valence-corrected chi connectivity index (χ1v) is 4.91. The number of nitrogens with zero attached hydrogens (tertiary/aromatic N) is 2. The van der Waals surface area contributed by atoms with Crippen LogP contribution in [-0.4, -0.2) is 20.9 Å². The van der Waals surface area contributed by atoms with Crippen molar-refractivity contribution in [1.82, 2.24) is 4.57 Å². The molecule has 16 heavy (non-hydrogen) atoms. The van der Waals surface area contributed by atoms with Crippen LogP contribution in [0.1, 0.15) is 23.6 Å². The Kier molecular flexibility index (Phi) is 3.35. The standard InChI is InChI=1S/C11H14N2O3/c1-6(14)5-13-10(15)8(3)7(2)9(4-12)11(13)16/h6,14-15H,5H2,1-3H3. The van der Waals surface area contributed by atoms with Crippen molar-refractivity contribution in [2.75, 3.05) is 0 Å². The molecule has 0 aliphatic rings. The second kappa shape index (κ2) is 4.37. The van der Waals surface area contributed by atoms with E-state index in [0.717, 1.165) is 4.57 Å². The number of aliphatic hydroxyl groups is 1. The van der Waals surface area contributed by atoms with E-state index in [1.807, 2.05) is 6.07 Å². The van der Waals surface area contributed by atoms with E-state index >= 15 is 0 Å². The van der Waals surface area contributed by atoms with Gasteiger partial charge in [0.2, 0.25) is 0 Å². The van der Waals surface area contributed by atoms with Crippen molar-refractivity contribution in [3.8, 4) is 11.9 Å². The maximum atomic E-state index is 11.8. The Hall–Kier alpha value is -1.80. The summed E-state index contributed by atoms with van der Waals surface area (Å²) in [4.78, 5) is 11.8. The topological polar surface area (TPSA) is 86.2 Å². The molecular formula is C11H14N2O3. The van der Waals surface area contributed by atoms with Crippen LogP contribution in [0.25, 0.3) is 0 Å². The summed E-state index contributed by atoms with van der Waals surface area (Å²) in [5.74, 6) is -0.192. The highest BCUT2D eigenvalue weighted by atomic mass is 16.3. The van der Waals surface area contributed by atoms with Gasteiger partial charge in [0, 0.05) is 5.56 Å². The fraction of sp³-hybridized carbons (Fsp3) is 0.455. The third kappa shape index (κ3) is 1.92. The van der Waals surface area contributed by atoms with Gasteiger partial charge in [-0.2, -0.15) is 5.26 Å². The summed E-state index contributed by atoms with van der Waals surface area (Å²) in [5, 5.41) is 27.9. The van der Waals surface area contributed by atoms with Crippen LogP contribution < -0.4 is 5.56 Å². The highest BCUT2D eigenvalue weighted by Gasteiger charge is 2.16. The predicted molar refractivity (Wildman–Crippen MR) is 58.2 cm³/mol. The third-order valence-electron chi connectivity index (χ3n) is 2.55. The molecule has 0 aromatic carbocycles. The molecule has 1 atom stereocenters. The lowest BCUT2D eigenvalue weighted by Gasteiger charge is -2.14. The molecule has 0 aliphatic carbocycles. The van der Waals surface area contributed by atoms with Gasteiger partial charge in [-0.25, -0.2) is 0 Å². The highest BCUT2D eigenvalue weighted by molar-refractivity contribution is 5.44. The van der Waals surface area contributed by atoms with Crippen molar-refractivity contribution in [1.29, 1.82) is 5.26 Å². The van der Waals surface area contributed by atoms with Gasteiger partial charge in [0.05, 0.1) is 12.6 Å². The van der Waals surface area contributed by atoms with Gasteiger partial charge in [-0.3, -0.25) is 9.36 Å². The number of aromatic hydroxyl groups is 1. The van der Waals surface area contributed by atoms with Gasteiger partial charge in [-0.15, -0.1) is 0 Å². The quantitative estimate of drug-likeness (QED) is 0.759. The molecule has 5 nitrogen and oxygen atoms in total. The molecular weight excluding hydrogens is 208 g/mol. The SMILES string of the molecule is Cc1c(C)c(O)n(CC(C)O)c(=O)c1C#N. The number of aliphatic hydroxyl groups excluding tert-OH is 1. The Morgan fingerprint density at radius 3 is 2.44 bits per heavy atom. The number of rotatable bonds is 2. The second-order valence-electron chi connectivity index (χ2n) is 3.83. The number of pyridine rings is 1. The van der Waals surface area contributed by atoms with E-state index < -0.39 is 11.7 Å². The molecule has 0 bridgehead atoms. The normalized spacial score (nSPS) is 12.2. The lowest BCUT2D eigenvalue weighted by atomic mass is 10.1. The summed E-state index contributed by atoms with van der Waals surface area (Å²) in [7, 11) is 0. The van der Waals surface area contributed by atoms with E-state index in [4.69, 9.17) is 5.26 Å². The zero-order valence-electron chi connectivity index (χ0n) is 9.48. The van der Waals surface area contributed by atoms with Crippen molar-refractivity contribution >= 4 is 0 Å². The molecule has 0 aliphatic heterocycles. The Morgan fingerprint density at radius 1 is 1.44 bits per heavy atom. The number of nitriles is 1. The van der Waals surface area contributed by atoms with E-state index in [-0.39, 0.29) is 18.0 Å². The van der Waals surface area contributed by atoms with Crippen molar-refractivity contribution in [3.63, 3.8) is 0 Å². The molecule has 1 aromatic heterocycles. The van der Waals surface area contributed by atoms with Crippen LogP contribution in [0.4, 0.5) is 0 Å². The van der Waals surface area contributed by atoms with Gasteiger partial charge in [0.1, 0.15) is 11.6 Å². The Bertz CT molecular complexity index is 509. The van der Waals surface area contributed by atoms with E-state index in [1.54, 1.807) is 13.8 Å². The van der Waals surface area contributed by atoms with E-state index in [0.29, 0.717) is 11.1 Å². The van der Waals surface area contributed by atoms with Crippen LogP contribution in [0.15, 0.2) is 4.79 Å². The van der Waals surface area contributed by atoms with Gasteiger partial charge < -0.3 is 10.2 Å². The third-order valence-corrected chi connectivity index (χ3v) is 2.55. The highest BCUT2D eigenvalue weighted by Crippen LogP contribution is 2.19. The first-order chi connectivity index (χ1) is 7.40. The van der Waals surface area contributed by atoms with Crippen molar-refractivity contribution in [3.05, 3.63) is 27.0 Å². The molecule has 1 aromatic rings. The van der Waals surface area contributed by atoms with Crippen LogP contribution in [-0.2, 0) is 6.54 Å². The average molecular weight is 222 g/mol. The molecule has 1 rings (SSSR count). The predicted octanol–water partition coefficient (Wildman–Crippen LogP) is 0.423. The van der Waals surface area contributed by atoms with Crippen LogP contribution in [0.5, 0.6) is 5.88 Å². The van der Waals surface area contributed by atoms with E-state index in [9.17, 15) is 15.0 Å². The first-order valence-electron chi connectivity index (χ1n) is 4.91. The summed E-state index contributed by atoms with van der Waals surface area (Å²) in [6.45, 7) is 4.72. The number of hydrogen-bond acceptors (Lipinski definition) is 4. The fourth-order valence-electron chi connectivity index (χ4n) is 1.51. The molecule has 0 saturated heterocycles. The fourth-order valence-corrected chi connectivity index (χ4v) is 1.51. The largest absolute Gasteiger partial charge is 0.494 e. The molecule has 1 heterocycles. The van der Waals surface area contributed by atoms with Crippen LogP contribution in [0.3, 0.4) is 0 Å². The minimum absolute atomic E-state index is 0.0101. The molecule has 0 radical (unpaired) electrons. The number of hydrogen-bond donors (Lipinski definition) is 2. The average Bonchev–Trinajstić information content (AvgIpc) is 2.22. The maximum Gasteiger partial charge on any atom is 0.271 e. The Labute approximate surface area is 93.2 Å². The summed E-state index contributed by atoms with van der Waals surface area (Å²) < 4.78 is 1.02. The molecule has 0 spiro atoms. The lowest BCUT2D eigenvalue weighted by molar-refractivity contribution is 0.167. The molecule has 86 valence electrons. The first kappa shape index (κ1) is 12.3. The number of aromatic nitrogens is 1. The van der Waals surface area contributed by atoms with Crippen LogP contribution >= 0.6 is 0 Å². The van der Waals surface area contributed by atoms with Gasteiger partial charge in [0.15, 0.2) is 5.88 Å². The van der Waals surface area contributed by atoms with Crippen molar-refractivity contribution in [2.45, 2.75) is 33.4 Å². The molecule has 0 saturated carbocycles.